The first-order chi connectivity index (χ1) is 9.24. The fourth-order valence-electron chi connectivity index (χ4n) is 2.24. The van der Waals surface area contributed by atoms with Crippen LogP contribution in [0.3, 0.4) is 0 Å². The normalized spacial score (nSPS) is 10.7. The summed E-state index contributed by atoms with van der Waals surface area (Å²) >= 11 is 4.22. The number of hydrogen-bond acceptors (Lipinski definition) is 2. The molecular formula is C17H28OS. The number of benzene rings is 1. The van der Waals surface area contributed by atoms with Crippen molar-refractivity contribution >= 4 is 12.6 Å². The molecule has 0 saturated carbocycles. The summed E-state index contributed by atoms with van der Waals surface area (Å²) in [6.07, 6.45) is 9.10. The molecule has 0 aliphatic heterocycles. The van der Waals surface area contributed by atoms with Gasteiger partial charge in [-0.1, -0.05) is 49.8 Å². The van der Waals surface area contributed by atoms with E-state index in [9.17, 15) is 0 Å². The van der Waals surface area contributed by atoms with Gasteiger partial charge in [-0.25, -0.2) is 0 Å². The van der Waals surface area contributed by atoms with E-state index in [1.165, 1.54) is 56.1 Å². The summed E-state index contributed by atoms with van der Waals surface area (Å²) in [5.41, 5.74) is 2.54. The first-order valence-corrected chi connectivity index (χ1v) is 8.18. The molecule has 108 valence electrons. The fourth-order valence-corrected chi connectivity index (χ4v) is 2.46. The summed E-state index contributed by atoms with van der Waals surface area (Å²) in [6.45, 7) is 5.08. The Morgan fingerprint density at radius 3 is 2.16 bits per heavy atom. The van der Waals surface area contributed by atoms with Crippen LogP contribution >= 0.6 is 12.6 Å². The predicted molar refractivity (Wildman–Crippen MR) is 87.6 cm³/mol. The third-order valence-electron chi connectivity index (χ3n) is 3.39. The van der Waals surface area contributed by atoms with Crippen LogP contribution in [0, 0.1) is 13.8 Å². The van der Waals surface area contributed by atoms with Crippen LogP contribution < -0.4 is 4.74 Å². The van der Waals surface area contributed by atoms with Crippen LogP contribution in [0.15, 0.2) is 18.2 Å². The molecule has 0 saturated heterocycles. The van der Waals surface area contributed by atoms with Crippen molar-refractivity contribution in [2.24, 2.45) is 0 Å². The summed E-state index contributed by atoms with van der Waals surface area (Å²) in [5, 5.41) is 0. The van der Waals surface area contributed by atoms with Gasteiger partial charge in [0.15, 0.2) is 0 Å². The average molecular weight is 280 g/mol. The molecule has 0 heterocycles. The van der Waals surface area contributed by atoms with E-state index in [2.05, 4.69) is 44.7 Å². The van der Waals surface area contributed by atoms with Gasteiger partial charge in [-0.3, -0.25) is 0 Å². The van der Waals surface area contributed by atoms with Gasteiger partial charge >= 0.3 is 0 Å². The third-order valence-corrected chi connectivity index (χ3v) is 3.71. The van der Waals surface area contributed by atoms with Crippen molar-refractivity contribution in [2.75, 3.05) is 12.4 Å². The highest BCUT2D eigenvalue weighted by atomic mass is 32.1. The molecule has 1 nitrogen and oxygen atoms in total. The minimum atomic E-state index is 0.848. The van der Waals surface area contributed by atoms with Crippen molar-refractivity contribution in [1.82, 2.24) is 0 Å². The molecule has 1 aromatic rings. The van der Waals surface area contributed by atoms with E-state index in [1.54, 1.807) is 0 Å². The number of rotatable bonds is 10. The summed E-state index contributed by atoms with van der Waals surface area (Å²) < 4.78 is 5.83. The van der Waals surface area contributed by atoms with Gasteiger partial charge in [-0.05, 0) is 44.1 Å². The van der Waals surface area contributed by atoms with Crippen molar-refractivity contribution in [3.63, 3.8) is 0 Å². The Morgan fingerprint density at radius 1 is 0.895 bits per heavy atom. The van der Waals surface area contributed by atoms with Crippen LogP contribution in [-0.4, -0.2) is 12.4 Å². The molecular weight excluding hydrogens is 252 g/mol. The number of unbranched alkanes of at least 4 members (excludes halogenated alkanes) is 6. The van der Waals surface area contributed by atoms with Crippen molar-refractivity contribution < 1.29 is 4.74 Å². The quantitative estimate of drug-likeness (QED) is 0.449. The van der Waals surface area contributed by atoms with Gasteiger partial charge in [0.25, 0.3) is 0 Å². The fraction of sp³-hybridized carbons (Fsp3) is 0.647. The molecule has 0 atom stereocenters. The lowest BCUT2D eigenvalue weighted by Gasteiger charge is -2.09. The average Bonchev–Trinajstić information content (AvgIpc) is 2.39. The number of hydrogen-bond donors (Lipinski definition) is 1. The van der Waals surface area contributed by atoms with Gasteiger partial charge in [0.1, 0.15) is 5.75 Å². The summed E-state index contributed by atoms with van der Waals surface area (Å²) in [6, 6.07) is 6.38. The van der Waals surface area contributed by atoms with E-state index < -0.39 is 0 Å². The molecule has 2 heteroatoms. The predicted octanol–water partition coefficient (Wildman–Crippen LogP) is 5.34. The Bertz CT molecular complexity index is 349. The van der Waals surface area contributed by atoms with Gasteiger partial charge in [0, 0.05) is 0 Å². The Morgan fingerprint density at radius 2 is 1.53 bits per heavy atom. The van der Waals surface area contributed by atoms with E-state index in [-0.39, 0.29) is 0 Å². The molecule has 0 aliphatic rings. The van der Waals surface area contributed by atoms with Crippen LogP contribution in [0.2, 0.25) is 0 Å². The summed E-state index contributed by atoms with van der Waals surface area (Å²) in [5.74, 6) is 2.07. The molecule has 0 amide bonds. The van der Waals surface area contributed by atoms with Gasteiger partial charge in [-0.15, -0.1) is 0 Å². The highest BCUT2D eigenvalue weighted by Gasteiger charge is 1.99. The van der Waals surface area contributed by atoms with Gasteiger partial charge in [-0.2, -0.15) is 12.6 Å². The maximum Gasteiger partial charge on any atom is 0.122 e. The molecule has 19 heavy (non-hydrogen) atoms. The first kappa shape index (κ1) is 16.4. The molecule has 1 aromatic carbocycles. The van der Waals surface area contributed by atoms with Crippen LogP contribution in [0.1, 0.15) is 56.1 Å². The van der Waals surface area contributed by atoms with Gasteiger partial charge in [0.2, 0.25) is 0 Å². The first-order valence-electron chi connectivity index (χ1n) is 7.55. The number of ether oxygens (including phenoxy) is 1. The van der Waals surface area contributed by atoms with Crippen LogP contribution in [0.5, 0.6) is 5.75 Å². The van der Waals surface area contributed by atoms with Crippen molar-refractivity contribution in [3.05, 3.63) is 29.3 Å². The second-order valence-corrected chi connectivity index (χ2v) is 5.76. The zero-order valence-corrected chi connectivity index (χ0v) is 13.3. The zero-order chi connectivity index (χ0) is 13.9. The van der Waals surface area contributed by atoms with Crippen LogP contribution in [-0.2, 0) is 0 Å². The topological polar surface area (TPSA) is 9.23 Å². The van der Waals surface area contributed by atoms with Crippen LogP contribution in [0.25, 0.3) is 0 Å². The molecule has 0 radical (unpaired) electrons. The molecule has 0 N–H and O–H groups in total. The largest absolute Gasteiger partial charge is 0.493 e. The standard InChI is InChI=1S/C17H28OS/c1-15-10-11-17(16(2)14-15)18-12-8-6-4-3-5-7-9-13-19/h10-11,14,19H,3-9,12-13H2,1-2H3. The van der Waals surface area contributed by atoms with E-state index >= 15 is 0 Å². The molecule has 0 spiro atoms. The van der Waals surface area contributed by atoms with Crippen molar-refractivity contribution in [3.8, 4) is 5.75 Å². The Hall–Kier alpha value is -0.630. The lowest BCUT2D eigenvalue weighted by Crippen LogP contribution is -1.99. The molecule has 0 fully saturated rings. The smallest absolute Gasteiger partial charge is 0.122 e. The monoisotopic (exact) mass is 280 g/mol. The number of thiol groups is 1. The molecule has 0 aromatic heterocycles. The minimum Gasteiger partial charge on any atom is -0.493 e. The molecule has 0 unspecified atom stereocenters. The van der Waals surface area contributed by atoms with E-state index in [4.69, 9.17) is 4.74 Å². The molecule has 0 aliphatic carbocycles. The lowest BCUT2D eigenvalue weighted by atomic mass is 10.1. The van der Waals surface area contributed by atoms with E-state index in [0.29, 0.717) is 0 Å². The maximum absolute atomic E-state index is 5.83. The summed E-state index contributed by atoms with van der Waals surface area (Å²) in [4.78, 5) is 0. The Kier molecular flexibility index (Phi) is 8.81. The van der Waals surface area contributed by atoms with Crippen molar-refractivity contribution in [2.45, 2.75) is 58.8 Å². The second-order valence-electron chi connectivity index (χ2n) is 5.32. The lowest BCUT2D eigenvalue weighted by molar-refractivity contribution is 0.302. The van der Waals surface area contributed by atoms with Crippen molar-refractivity contribution in [1.29, 1.82) is 0 Å². The maximum atomic E-state index is 5.83. The van der Waals surface area contributed by atoms with E-state index in [1.807, 2.05) is 0 Å². The van der Waals surface area contributed by atoms with E-state index in [0.717, 1.165) is 18.1 Å². The highest BCUT2D eigenvalue weighted by molar-refractivity contribution is 7.80. The Labute approximate surface area is 124 Å². The highest BCUT2D eigenvalue weighted by Crippen LogP contribution is 2.19. The Balaban J connectivity index is 2.01. The zero-order valence-electron chi connectivity index (χ0n) is 12.5. The SMILES string of the molecule is Cc1ccc(OCCCCCCCCCS)c(C)c1. The second kappa shape index (κ2) is 10.2. The van der Waals surface area contributed by atoms with Crippen LogP contribution in [0.4, 0.5) is 0 Å². The van der Waals surface area contributed by atoms with Gasteiger partial charge < -0.3 is 4.74 Å². The molecule has 1 rings (SSSR count). The van der Waals surface area contributed by atoms with Gasteiger partial charge in [0.05, 0.1) is 6.61 Å². The minimum absolute atomic E-state index is 0.848. The molecule has 0 bridgehead atoms. The number of aryl methyl sites for hydroxylation is 2. The third kappa shape index (κ3) is 7.51. The summed E-state index contributed by atoms with van der Waals surface area (Å²) in [7, 11) is 0.